The van der Waals surface area contributed by atoms with E-state index >= 15 is 0 Å². The Morgan fingerprint density at radius 2 is 1.74 bits per heavy atom. The van der Waals surface area contributed by atoms with Crippen molar-refractivity contribution < 1.29 is 19.8 Å². The fourth-order valence-electron chi connectivity index (χ4n) is 10.3. The van der Waals surface area contributed by atoms with Crippen molar-refractivity contribution in [3.63, 3.8) is 0 Å². The summed E-state index contributed by atoms with van der Waals surface area (Å²) in [7, 11) is 4.30. The summed E-state index contributed by atoms with van der Waals surface area (Å²) in [5.74, 6) is 1.63. The van der Waals surface area contributed by atoms with Crippen molar-refractivity contribution in [2.24, 2.45) is 35.0 Å². The first-order chi connectivity index (χ1) is 24.0. The lowest BCUT2D eigenvalue weighted by atomic mass is 9.45. The number of aliphatic hydroxyl groups excluding tert-OH is 2. The normalized spacial score (nSPS) is 31.0. The molecule has 0 radical (unpaired) electrons. The molecular weight excluding hydrogens is 624 g/mol. The molecule has 2 bridgehead atoms. The molecule has 276 valence electrons. The molecule has 8 heteroatoms. The quantitative estimate of drug-likeness (QED) is 0.223. The van der Waals surface area contributed by atoms with Crippen LogP contribution in [0.25, 0.3) is 0 Å². The van der Waals surface area contributed by atoms with Crippen molar-refractivity contribution in [1.82, 2.24) is 20.2 Å². The molecule has 2 aromatic carbocycles. The van der Waals surface area contributed by atoms with Crippen molar-refractivity contribution in [3.8, 4) is 0 Å². The second-order valence-electron chi connectivity index (χ2n) is 17.1. The van der Waals surface area contributed by atoms with Gasteiger partial charge in [-0.2, -0.15) is 5.06 Å². The largest absolute Gasteiger partial charge is 0.394 e. The van der Waals surface area contributed by atoms with Crippen LogP contribution in [0, 0.1) is 35.0 Å². The standard InChI is InChI=1S/C42H64N4O4/c1-28-35-23-34(42(35,3)4)24-36(28)43-41(49)40-38(29(2)48)37(27-47)50-46(40)26-31-15-13-14-30(22-31)25-45(21-20-44(5)6)39(32-16-9-7-10-17-32)33-18-11-8-12-19-33/h7,9-10,13-17,22,28-29,33-40,47-48H,8,11-12,18-21,23-27H2,1-6H3,(H,43,49)/t28-,29-,34+,35-,36-,37-,38+,39?,40-/m0/s1. The third-order valence-corrected chi connectivity index (χ3v) is 13.2. The van der Waals surface area contributed by atoms with Gasteiger partial charge in [-0.15, -0.1) is 0 Å². The second-order valence-corrected chi connectivity index (χ2v) is 17.1. The number of aliphatic hydroxyl groups is 2. The van der Waals surface area contributed by atoms with Crippen LogP contribution in [0.1, 0.15) is 95.4 Å². The van der Waals surface area contributed by atoms with Crippen LogP contribution in [0.4, 0.5) is 0 Å². The number of hydroxylamine groups is 2. The highest BCUT2D eigenvalue weighted by molar-refractivity contribution is 5.82. The van der Waals surface area contributed by atoms with Crippen LogP contribution in [0.2, 0.25) is 0 Å². The molecule has 1 aliphatic heterocycles. The van der Waals surface area contributed by atoms with E-state index in [-0.39, 0.29) is 18.6 Å². The van der Waals surface area contributed by atoms with E-state index in [1.165, 1.54) is 49.7 Å². The first kappa shape index (κ1) is 37.4. The average Bonchev–Trinajstić information content (AvgIpc) is 3.47. The van der Waals surface area contributed by atoms with Crippen LogP contribution in [0.5, 0.6) is 0 Å². The van der Waals surface area contributed by atoms with Crippen LogP contribution < -0.4 is 5.32 Å². The molecule has 1 amide bonds. The Labute approximate surface area is 301 Å². The van der Waals surface area contributed by atoms with Gasteiger partial charge in [-0.3, -0.25) is 14.5 Å². The number of hydrogen-bond acceptors (Lipinski definition) is 7. The summed E-state index contributed by atoms with van der Waals surface area (Å²) in [6.07, 6.45) is 7.26. The molecule has 0 spiro atoms. The summed E-state index contributed by atoms with van der Waals surface area (Å²) < 4.78 is 0. The number of benzene rings is 2. The predicted octanol–water partition coefficient (Wildman–Crippen LogP) is 6.03. The summed E-state index contributed by atoms with van der Waals surface area (Å²) in [6.45, 7) is 11.7. The molecule has 50 heavy (non-hydrogen) atoms. The Kier molecular flexibility index (Phi) is 12.1. The molecule has 0 aromatic heterocycles. The van der Waals surface area contributed by atoms with Gasteiger partial charge in [0.1, 0.15) is 12.1 Å². The van der Waals surface area contributed by atoms with Gasteiger partial charge in [-0.25, -0.2) is 0 Å². The molecule has 7 rings (SSSR count). The van der Waals surface area contributed by atoms with E-state index in [1.54, 1.807) is 12.0 Å². The molecule has 2 aromatic rings. The van der Waals surface area contributed by atoms with Crippen LogP contribution in [-0.2, 0) is 22.7 Å². The zero-order chi connectivity index (χ0) is 35.6. The second kappa shape index (κ2) is 16.1. The Morgan fingerprint density at radius 1 is 1.02 bits per heavy atom. The summed E-state index contributed by atoms with van der Waals surface area (Å²) >= 11 is 0. The number of nitrogens with zero attached hydrogens (tertiary/aromatic N) is 3. The number of rotatable bonds is 14. The molecule has 3 N–H and O–H groups in total. The van der Waals surface area contributed by atoms with Crippen molar-refractivity contribution in [2.45, 2.75) is 116 Å². The fourth-order valence-corrected chi connectivity index (χ4v) is 10.3. The minimum atomic E-state index is -0.810. The van der Waals surface area contributed by atoms with Crippen molar-refractivity contribution in [1.29, 1.82) is 0 Å². The molecule has 4 aliphatic carbocycles. The molecule has 1 saturated heterocycles. The Balaban J connectivity index is 1.22. The van der Waals surface area contributed by atoms with Gasteiger partial charge >= 0.3 is 0 Å². The summed E-state index contributed by atoms with van der Waals surface area (Å²) in [5.41, 5.74) is 4.03. The monoisotopic (exact) mass is 688 g/mol. The van der Waals surface area contributed by atoms with Gasteiger partial charge in [-0.05, 0) is 92.5 Å². The molecule has 4 saturated carbocycles. The van der Waals surface area contributed by atoms with E-state index in [0.29, 0.717) is 41.7 Å². The maximum absolute atomic E-state index is 14.2. The fraction of sp³-hybridized carbons (Fsp3) is 0.690. The predicted molar refractivity (Wildman–Crippen MR) is 199 cm³/mol. The lowest BCUT2D eigenvalue weighted by Crippen LogP contribution is -2.62. The molecule has 9 atom stereocenters. The van der Waals surface area contributed by atoms with E-state index < -0.39 is 24.2 Å². The maximum atomic E-state index is 14.2. The van der Waals surface area contributed by atoms with E-state index in [0.717, 1.165) is 31.6 Å². The minimum absolute atomic E-state index is 0.105. The smallest absolute Gasteiger partial charge is 0.240 e. The number of carbonyl (C=O) groups excluding carboxylic acids is 1. The summed E-state index contributed by atoms with van der Waals surface area (Å²) in [4.78, 5) is 25.5. The van der Waals surface area contributed by atoms with Gasteiger partial charge in [0.2, 0.25) is 5.91 Å². The van der Waals surface area contributed by atoms with Crippen LogP contribution in [-0.4, -0.2) is 89.1 Å². The van der Waals surface area contributed by atoms with Gasteiger partial charge in [0.15, 0.2) is 0 Å². The number of likely N-dealkylation sites (N-methyl/N-ethyl adjacent to an activating group) is 1. The molecule has 8 nitrogen and oxygen atoms in total. The Morgan fingerprint density at radius 3 is 2.38 bits per heavy atom. The topological polar surface area (TPSA) is 88.5 Å². The number of hydrogen-bond donors (Lipinski definition) is 3. The van der Waals surface area contributed by atoms with Crippen LogP contribution in [0.3, 0.4) is 0 Å². The number of fused-ring (bicyclic) bond motifs is 2. The van der Waals surface area contributed by atoms with Gasteiger partial charge < -0.3 is 20.4 Å². The zero-order valence-corrected chi connectivity index (χ0v) is 31.5. The van der Waals surface area contributed by atoms with E-state index in [4.69, 9.17) is 4.84 Å². The van der Waals surface area contributed by atoms with Crippen molar-refractivity contribution in [2.75, 3.05) is 33.8 Å². The highest BCUT2D eigenvalue weighted by Gasteiger charge is 2.57. The zero-order valence-electron chi connectivity index (χ0n) is 31.5. The Hall–Kier alpha value is -2.33. The molecule has 5 fully saturated rings. The first-order valence-corrected chi connectivity index (χ1v) is 19.5. The van der Waals surface area contributed by atoms with E-state index in [1.807, 2.05) is 0 Å². The lowest BCUT2D eigenvalue weighted by molar-refractivity contribution is -0.183. The minimum Gasteiger partial charge on any atom is -0.394 e. The summed E-state index contributed by atoms with van der Waals surface area (Å²) in [5, 5.41) is 26.4. The lowest BCUT2D eigenvalue weighted by Gasteiger charge is -2.62. The molecule has 5 aliphatic rings. The molecular formula is C42H64N4O4. The van der Waals surface area contributed by atoms with Gasteiger partial charge in [0.25, 0.3) is 0 Å². The van der Waals surface area contributed by atoms with E-state index in [9.17, 15) is 15.0 Å². The third-order valence-electron chi connectivity index (χ3n) is 13.2. The Bertz CT molecular complexity index is 1400. The molecule has 1 heterocycles. The molecule has 1 unspecified atom stereocenters. The average molecular weight is 689 g/mol. The van der Waals surface area contributed by atoms with Crippen molar-refractivity contribution >= 4 is 5.91 Å². The third kappa shape index (κ3) is 8.01. The number of carbonyl (C=O) groups is 1. The van der Waals surface area contributed by atoms with Gasteiger partial charge in [0, 0.05) is 37.6 Å². The van der Waals surface area contributed by atoms with Crippen LogP contribution >= 0.6 is 0 Å². The van der Waals surface area contributed by atoms with Gasteiger partial charge in [-0.1, -0.05) is 94.6 Å². The number of amides is 1. The van der Waals surface area contributed by atoms with Gasteiger partial charge in [0.05, 0.1) is 19.3 Å². The highest BCUT2D eigenvalue weighted by atomic mass is 16.7. The summed E-state index contributed by atoms with van der Waals surface area (Å²) in [6, 6.07) is 19.6. The highest BCUT2D eigenvalue weighted by Crippen LogP contribution is 2.61. The van der Waals surface area contributed by atoms with Crippen molar-refractivity contribution in [3.05, 3.63) is 71.3 Å². The maximum Gasteiger partial charge on any atom is 0.240 e. The van der Waals surface area contributed by atoms with Crippen LogP contribution in [0.15, 0.2) is 54.6 Å². The SMILES string of the molecule is C[C@@H]1[C@@H](NC(=O)[C@@H]2[C@H]([C@H](C)O)[C@H](CO)ON2Cc2cccc(CN(CCN(C)C)C(c3ccccc3)C3CCCCC3)c2)C[C@H]2C[C@@H]1C2(C)C. The van der Waals surface area contributed by atoms with E-state index in [2.05, 4.69) is 105 Å². The number of nitrogens with one attached hydrogen (secondary N) is 1. The first-order valence-electron chi connectivity index (χ1n) is 19.5.